The van der Waals surface area contributed by atoms with E-state index in [1.165, 1.54) is 0 Å². The van der Waals surface area contributed by atoms with Crippen molar-refractivity contribution < 1.29 is 9.53 Å². The molecule has 0 unspecified atom stereocenters. The van der Waals surface area contributed by atoms with E-state index in [-0.39, 0.29) is 11.4 Å². The van der Waals surface area contributed by atoms with E-state index in [0.717, 1.165) is 35.3 Å². The van der Waals surface area contributed by atoms with Crippen molar-refractivity contribution in [3.8, 4) is 0 Å². The second kappa shape index (κ2) is 8.84. The number of carbonyl (C=O) groups is 1. The molecule has 3 heterocycles. The number of aryl methyl sites for hydroxylation is 1. The second-order valence-electron chi connectivity index (χ2n) is 7.75. The van der Waals surface area contributed by atoms with E-state index in [9.17, 15) is 4.79 Å². The van der Waals surface area contributed by atoms with Crippen LogP contribution in [0.5, 0.6) is 0 Å². The molecule has 2 aromatic heterocycles. The topological polar surface area (TPSA) is 67.7 Å². The molecular formula is C22H24Cl2N4O2. The minimum atomic E-state index is -0.280. The van der Waals surface area contributed by atoms with Crippen LogP contribution in [0.2, 0.25) is 10.0 Å². The van der Waals surface area contributed by atoms with Gasteiger partial charge in [0.1, 0.15) is 5.65 Å². The third-order valence-corrected chi connectivity index (χ3v) is 6.18. The van der Waals surface area contributed by atoms with Crippen LogP contribution in [0.3, 0.4) is 0 Å². The summed E-state index contributed by atoms with van der Waals surface area (Å²) in [5, 5.41) is 7.12. The molecule has 158 valence electrons. The molecule has 0 bridgehead atoms. The summed E-state index contributed by atoms with van der Waals surface area (Å²) in [5.41, 5.74) is 3.53. The van der Waals surface area contributed by atoms with Gasteiger partial charge in [0.2, 0.25) is 0 Å². The Morgan fingerprint density at radius 2 is 2.00 bits per heavy atom. The number of fused-ring (bicyclic) bond motifs is 1. The van der Waals surface area contributed by atoms with Crippen LogP contribution in [-0.4, -0.2) is 35.2 Å². The number of ether oxygens (including phenoxy) is 1. The number of rotatable bonds is 5. The van der Waals surface area contributed by atoms with Crippen LogP contribution in [0, 0.1) is 6.92 Å². The van der Waals surface area contributed by atoms with Crippen LogP contribution in [0.15, 0.2) is 42.7 Å². The van der Waals surface area contributed by atoms with Gasteiger partial charge in [-0.2, -0.15) is 0 Å². The predicted octanol–water partition coefficient (Wildman–Crippen LogP) is 4.50. The summed E-state index contributed by atoms with van der Waals surface area (Å²) in [7, 11) is 0. The van der Waals surface area contributed by atoms with Gasteiger partial charge in [0, 0.05) is 47.6 Å². The molecule has 1 saturated heterocycles. The minimum absolute atomic E-state index is 0.237. The highest BCUT2D eigenvalue weighted by atomic mass is 35.5. The quantitative estimate of drug-likeness (QED) is 0.606. The molecule has 3 aromatic rings. The molecule has 8 heteroatoms. The number of hydrogen-bond donors (Lipinski definition) is 2. The Kier molecular flexibility index (Phi) is 6.18. The van der Waals surface area contributed by atoms with Gasteiger partial charge in [-0.3, -0.25) is 0 Å². The van der Waals surface area contributed by atoms with Gasteiger partial charge >= 0.3 is 6.03 Å². The van der Waals surface area contributed by atoms with Gasteiger partial charge in [-0.15, -0.1) is 0 Å². The van der Waals surface area contributed by atoms with Crippen molar-refractivity contribution in [2.24, 2.45) is 0 Å². The zero-order valence-electron chi connectivity index (χ0n) is 16.8. The summed E-state index contributed by atoms with van der Waals surface area (Å²) in [4.78, 5) is 17.0. The Hall–Kier alpha value is -2.28. The van der Waals surface area contributed by atoms with Crippen molar-refractivity contribution in [2.75, 3.05) is 19.8 Å². The number of hydrogen-bond acceptors (Lipinski definition) is 3. The fourth-order valence-corrected chi connectivity index (χ4v) is 4.54. The molecule has 30 heavy (non-hydrogen) atoms. The maximum absolute atomic E-state index is 12.5. The zero-order chi connectivity index (χ0) is 21.1. The number of amides is 2. The average Bonchev–Trinajstić information content (AvgIpc) is 3.13. The molecule has 2 amide bonds. The predicted molar refractivity (Wildman–Crippen MR) is 118 cm³/mol. The number of halogens is 2. The Bertz CT molecular complexity index is 1060. The zero-order valence-corrected chi connectivity index (χ0v) is 18.3. The Morgan fingerprint density at radius 1 is 1.20 bits per heavy atom. The molecule has 2 N–H and O–H groups in total. The van der Waals surface area contributed by atoms with Gasteiger partial charge in [0.05, 0.1) is 12.2 Å². The van der Waals surface area contributed by atoms with Gasteiger partial charge in [0.15, 0.2) is 0 Å². The third kappa shape index (κ3) is 4.56. The Labute approximate surface area is 185 Å². The van der Waals surface area contributed by atoms with Crippen LogP contribution in [0.1, 0.15) is 29.7 Å². The highest BCUT2D eigenvalue weighted by molar-refractivity contribution is 6.35. The fourth-order valence-electron chi connectivity index (χ4n) is 3.93. The third-order valence-electron chi connectivity index (χ3n) is 5.64. The lowest BCUT2D eigenvalue weighted by Crippen LogP contribution is -2.47. The lowest BCUT2D eigenvalue weighted by molar-refractivity contribution is 0.0507. The van der Waals surface area contributed by atoms with Gasteiger partial charge < -0.3 is 19.8 Å². The fraction of sp³-hybridized carbons (Fsp3) is 0.364. The van der Waals surface area contributed by atoms with E-state index < -0.39 is 0 Å². The largest absolute Gasteiger partial charge is 0.381 e. The van der Waals surface area contributed by atoms with Crippen molar-refractivity contribution in [3.05, 3.63) is 69.6 Å². The molecule has 1 fully saturated rings. The smallest absolute Gasteiger partial charge is 0.315 e. The Balaban J connectivity index is 1.41. The van der Waals surface area contributed by atoms with Gasteiger partial charge in [0.25, 0.3) is 0 Å². The molecule has 6 nitrogen and oxygen atoms in total. The SMILES string of the molecule is Cc1ccn2cc(CNC(=O)NCC3(c4ccc(Cl)cc4Cl)CCOCC3)nc2c1. The molecule has 1 aliphatic heterocycles. The molecule has 1 aromatic carbocycles. The lowest BCUT2D eigenvalue weighted by Gasteiger charge is -2.38. The highest BCUT2D eigenvalue weighted by Gasteiger charge is 2.36. The summed E-state index contributed by atoms with van der Waals surface area (Å²) in [6.07, 6.45) is 5.44. The summed E-state index contributed by atoms with van der Waals surface area (Å²) in [6, 6.07) is 9.33. The van der Waals surface area contributed by atoms with Crippen molar-refractivity contribution in [1.82, 2.24) is 20.0 Å². The minimum Gasteiger partial charge on any atom is -0.381 e. The maximum atomic E-state index is 12.5. The molecule has 1 aliphatic rings. The summed E-state index contributed by atoms with van der Waals surface area (Å²) in [6.45, 7) is 4.10. The molecule has 0 aliphatic carbocycles. The van der Waals surface area contributed by atoms with Crippen LogP contribution < -0.4 is 10.6 Å². The first-order valence-corrected chi connectivity index (χ1v) is 10.7. The second-order valence-corrected chi connectivity index (χ2v) is 8.60. The van der Waals surface area contributed by atoms with Crippen LogP contribution in [-0.2, 0) is 16.7 Å². The normalized spacial score (nSPS) is 15.8. The number of nitrogens with one attached hydrogen (secondary N) is 2. The van der Waals surface area contributed by atoms with E-state index in [1.54, 1.807) is 6.07 Å². The number of nitrogens with zero attached hydrogens (tertiary/aromatic N) is 2. The summed E-state index contributed by atoms with van der Waals surface area (Å²) < 4.78 is 7.50. The van der Waals surface area contributed by atoms with Crippen molar-refractivity contribution in [1.29, 1.82) is 0 Å². The first-order chi connectivity index (χ1) is 14.4. The lowest BCUT2D eigenvalue weighted by atomic mass is 9.74. The molecule has 4 rings (SSSR count). The summed E-state index contributed by atoms with van der Waals surface area (Å²) >= 11 is 12.6. The number of imidazole rings is 1. The number of benzene rings is 1. The van der Waals surface area contributed by atoms with Crippen molar-refractivity contribution in [2.45, 2.75) is 31.7 Å². The van der Waals surface area contributed by atoms with E-state index in [0.29, 0.717) is 36.3 Å². The molecule has 0 saturated carbocycles. The van der Waals surface area contributed by atoms with E-state index in [2.05, 4.69) is 15.6 Å². The number of pyridine rings is 1. The highest BCUT2D eigenvalue weighted by Crippen LogP contribution is 2.39. The number of urea groups is 1. The number of carbonyl (C=O) groups excluding carboxylic acids is 1. The van der Waals surface area contributed by atoms with Crippen LogP contribution in [0.25, 0.3) is 5.65 Å². The van der Waals surface area contributed by atoms with Gasteiger partial charge in [-0.1, -0.05) is 29.3 Å². The first kappa shape index (κ1) is 21.0. The monoisotopic (exact) mass is 446 g/mol. The number of aromatic nitrogens is 2. The average molecular weight is 447 g/mol. The molecule has 0 radical (unpaired) electrons. The molecule has 0 atom stereocenters. The Morgan fingerprint density at radius 3 is 2.77 bits per heavy atom. The van der Waals surface area contributed by atoms with Crippen molar-refractivity contribution in [3.63, 3.8) is 0 Å². The first-order valence-electron chi connectivity index (χ1n) is 9.94. The maximum Gasteiger partial charge on any atom is 0.315 e. The van der Waals surface area contributed by atoms with E-state index in [1.807, 2.05) is 48.0 Å². The van der Waals surface area contributed by atoms with Gasteiger partial charge in [-0.25, -0.2) is 9.78 Å². The van der Waals surface area contributed by atoms with E-state index >= 15 is 0 Å². The summed E-state index contributed by atoms with van der Waals surface area (Å²) in [5.74, 6) is 0. The molecule has 0 spiro atoms. The van der Waals surface area contributed by atoms with Crippen LogP contribution >= 0.6 is 23.2 Å². The standard InChI is InChI=1S/C22H24Cl2N4O2/c1-15-4-7-28-13-17(27-20(28)10-15)12-25-21(29)26-14-22(5-8-30-9-6-22)18-3-2-16(23)11-19(18)24/h2-4,7,10-11,13H,5-6,8-9,12,14H2,1H3,(H2,25,26,29). The molecular weight excluding hydrogens is 423 g/mol. The van der Waals surface area contributed by atoms with E-state index in [4.69, 9.17) is 27.9 Å². The van der Waals surface area contributed by atoms with Crippen molar-refractivity contribution >= 4 is 34.9 Å². The van der Waals surface area contributed by atoms with Crippen LogP contribution in [0.4, 0.5) is 4.79 Å². The van der Waals surface area contributed by atoms with Gasteiger partial charge in [-0.05, 0) is 55.2 Å².